The third-order valence-corrected chi connectivity index (χ3v) is 4.39. The van der Waals surface area contributed by atoms with Crippen LogP contribution in [-0.4, -0.2) is 57.8 Å². The predicted molar refractivity (Wildman–Crippen MR) is 72.1 cm³/mol. The van der Waals surface area contributed by atoms with Crippen molar-refractivity contribution in [3.05, 3.63) is 16.4 Å². The number of nitrogens with zero attached hydrogens (tertiary/aromatic N) is 4. The third-order valence-electron chi connectivity index (χ3n) is 3.90. The topological polar surface area (TPSA) is 53.4 Å². The first-order valence-corrected chi connectivity index (χ1v) is 6.90. The highest BCUT2D eigenvalue weighted by Gasteiger charge is 2.38. The van der Waals surface area contributed by atoms with Gasteiger partial charge in [0.25, 0.3) is 0 Å². The van der Waals surface area contributed by atoms with Crippen molar-refractivity contribution < 1.29 is 4.79 Å². The lowest BCUT2D eigenvalue weighted by Gasteiger charge is -2.28. The van der Waals surface area contributed by atoms with E-state index >= 15 is 0 Å². The minimum atomic E-state index is 0.112. The van der Waals surface area contributed by atoms with Crippen LogP contribution in [-0.2, 0) is 13.6 Å². The van der Waals surface area contributed by atoms with Crippen LogP contribution in [0.15, 0.2) is 0 Å². The van der Waals surface area contributed by atoms with Crippen LogP contribution in [0.3, 0.4) is 0 Å². The molecule has 0 spiro atoms. The summed E-state index contributed by atoms with van der Waals surface area (Å²) in [7, 11) is 1.86. The van der Waals surface area contributed by atoms with Crippen molar-refractivity contribution in [2.75, 3.05) is 26.2 Å². The lowest BCUT2D eigenvalue weighted by Crippen LogP contribution is -2.49. The Kier molecular flexibility index (Phi) is 3.14. The van der Waals surface area contributed by atoms with Crippen LogP contribution in [0.2, 0.25) is 5.02 Å². The molecule has 3 heterocycles. The fourth-order valence-electron chi connectivity index (χ4n) is 2.85. The number of urea groups is 1. The molecular formula is C12H18ClN5O. The van der Waals surface area contributed by atoms with Crippen LogP contribution in [0.1, 0.15) is 11.4 Å². The highest BCUT2D eigenvalue weighted by Crippen LogP contribution is 2.24. The Labute approximate surface area is 117 Å². The van der Waals surface area contributed by atoms with E-state index in [9.17, 15) is 4.79 Å². The van der Waals surface area contributed by atoms with E-state index < -0.39 is 0 Å². The summed E-state index contributed by atoms with van der Waals surface area (Å²) < 4.78 is 1.76. The molecule has 19 heavy (non-hydrogen) atoms. The number of aryl methyl sites for hydroxylation is 2. The molecular weight excluding hydrogens is 266 g/mol. The van der Waals surface area contributed by atoms with Crippen molar-refractivity contribution in [2.24, 2.45) is 7.05 Å². The Morgan fingerprint density at radius 1 is 1.53 bits per heavy atom. The van der Waals surface area contributed by atoms with E-state index in [1.807, 2.05) is 23.8 Å². The zero-order valence-electron chi connectivity index (χ0n) is 11.2. The highest BCUT2D eigenvalue weighted by atomic mass is 35.5. The molecule has 2 aliphatic rings. The van der Waals surface area contributed by atoms with Crippen molar-refractivity contribution in [3.8, 4) is 0 Å². The van der Waals surface area contributed by atoms with Crippen molar-refractivity contribution >= 4 is 17.6 Å². The van der Waals surface area contributed by atoms with Crippen molar-refractivity contribution in [1.29, 1.82) is 0 Å². The fourth-order valence-corrected chi connectivity index (χ4v) is 3.07. The van der Waals surface area contributed by atoms with E-state index in [2.05, 4.69) is 10.4 Å². The number of halogens is 1. The normalized spacial score (nSPS) is 23.1. The summed E-state index contributed by atoms with van der Waals surface area (Å²) in [4.78, 5) is 16.1. The number of fused-ring (bicyclic) bond motifs is 1. The zero-order valence-corrected chi connectivity index (χ0v) is 11.9. The number of rotatable bonds is 2. The van der Waals surface area contributed by atoms with Crippen LogP contribution < -0.4 is 5.32 Å². The first-order chi connectivity index (χ1) is 9.08. The van der Waals surface area contributed by atoms with Crippen molar-refractivity contribution in [2.45, 2.75) is 19.5 Å². The summed E-state index contributed by atoms with van der Waals surface area (Å²) in [6.45, 7) is 5.71. The second-order valence-corrected chi connectivity index (χ2v) is 5.56. The van der Waals surface area contributed by atoms with Crippen molar-refractivity contribution in [3.63, 3.8) is 0 Å². The molecule has 0 aliphatic carbocycles. The maximum atomic E-state index is 12.3. The van der Waals surface area contributed by atoms with Gasteiger partial charge in [0.2, 0.25) is 0 Å². The monoisotopic (exact) mass is 283 g/mol. The number of carbonyl (C=O) groups excluding carboxylic acids is 1. The van der Waals surface area contributed by atoms with E-state index in [4.69, 9.17) is 11.6 Å². The van der Waals surface area contributed by atoms with Gasteiger partial charge in [0.05, 0.1) is 29.0 Å². The van der Waals surface area contributed by atoms with E-state index in [-0.39, 0.29) is 12.1 Å². The first kappa shape index (κ1) is 12.7. The Morgan fingerprint density at radius 3 is 2.95 bits per heavy atom. The fraction of sp³-hybridized carbons (Fsp3) is 0.667. The Hall–Kier alpha value is -1.27. The molecule has 1 unspecified atom stereocenters. The molecule has 0 radical (unpaired) electrons. The Bertz CT molecular complexity index is 514. The number of amides is 2. The molecule has 1 aromatic heterocycles. The van der Waals surface area contributed by atoms with Gasteiger partial charge >= 0.3 is 6.03 Å². The number of aromatic nitrogens is 2. The van der Waals surface area contributed by atoms with Crippen LogP contribution in [0.25, 0.3) is 0 Å². The van der Waals surface area contributed by atoms with Gasteiger partial charge in [-0.3, -0.25) is 4.68 Å². The van der Waals surface area contributed by atoms with Crippen LogP contribution >= 0.6 is 11.6 Å². The molecule has 2 fully saturated rings. The highest BCUT2D eigenvalue weighted by molar-refractivity contribution is 6.31. The second-order valence-electron chi connectivity index (χ2n) is 5.18. The predicted octanol–water partition coefficient (Wildman–Crippen LogP) is 0.591. The van der Waals surface area contributed by atoms with E-state index in [1.54, 1.807) is 4.68 Å². The largest absolute Gasteiger partial charge is 0.320 e. The number of hydrogen-bond donors (Lipinski definition) is 1. The minimum Gasteiger partial charge on any atom is -0.317 e. The van der Waals surface area contributed by atoms with Gasteiger partial charge in [-0.25, -0.2) is 4.79 Å². The summed E-state index contributed by atoms with van der Waals surface area (Å²) in [6, 6.07) is 0.399. The zero-order chi connectivity index (χ0) is 13.6. The molecule has 2 saturated heterocycles. The van der Waals surface area contributed by atoms with E-state index in [0.717, 1.165) is 37.6 Å². The average Bonchev–Trinajstić information content (AvgIpc) is 2.83. The van der Waals surface area contributed by atoms with Crippen molar-refractivity contribution in [1.82, 2.24) is 24.9 Å². The van der Waals surface area contributed by atoms with Gasteiger partial charge in [-0.1, -0.05) is 11.6 Å². The van der Waals surface area contributed by atoms with Crippen LogP contribution in [0, 0.1) is 6.92 Å². The molecule has 7 heteroatoms. The first-order valence-electron chi connectivity index (χ1n) is 6.52. The van der Waals surface area contributed by atoms with Gasteiger partial charge in [-0.05, 0) is 6.92 Å². The SMILES string of the molecule is Cc1nn(C)c(CN2CC3CNCCN3C2=O)c1Cl. The van der Waals surface area contributed by atoms with Crippen LogP contribution in [0.5, 0.6) is 0 Å². The van der Waals surface area contributed by atoms with E-state index in [0.29, 0.717) is 11.6 Å². The molecule has 1 aromatic rings. The summed E-state index contributed by atoms with van der Waals surface area (Å²) in [6.07, 6.45) is 0. The third kappa shape index (κ3) is 2.08. The Morgan fingerprint density at radius 2 is 2.32 bits per heavy atom. The van der Waals surface area contributed by atoms with Crippen LogP contribution in [0.4, 0.5) is 4.79 Å². The number of carbonyl (C=O) groups is 1. The van der Waals surface area contributed by atoms with Gasteiger partial charge in [0.1, 0.15) is 0 Å². The number of hydrogen-bond acceptors (Lipinski definition) is 3. The molecule has 1 N–H and O–H groups in total. The summed E-state index contributed by atoms with van der Waals surface area (Å²) in [5, 5.41) is 8.28. The molecule has 104 valence electrons. The summed E-state index contributed by atoms with van der Waals surface area (Å²) in [5.74, 6) is 0. The molecule has 0 saturated carbocycles. The maximum absolute atomic E-state index is 12.3. The molecule has 1 atom stereocenters. The lowest BCUT2D eigenvalue weighted by molar-refractivity contribution is 0.178. The van der Waals surface area contributed by atoms with Gasteiger partial charge in [0.15, 0.2) is 0 Å². The molecule has 6 nitrogen and oxygen atoms in total. The molecule has 0 aromatic carbocycles. The minimum absolute atomic E-state index is 0.112. The summed E-state index contributed by atoms with van der Waals surface area (Å²) in [5.41, 5.74) is 1.71. The number of nitrogens with one attached hydrogen (secondary N) is 1. The Balaban J connectivity index is 1.79. The molecule has 0 bridgehead atoms. The molecule has 3 rings (SSSR count). The molecule has 2 aliphatic heterocycles. The maximum Gasteiger partial charge on any atom is 0.320 e. The van der Waals surface area contributed by atoms with E-state index in [1.165, 1.54) is 0 Å². The molecule has 2 amide bonds. The lowest BCUT2D eigenvalue weighted by atomic mass is 10.2. The van der Waals surface area contributed by atoms with Gasteiger partial charge < -0.3 is 15.1 Å². The quantitative estimate of drug-likeness (QED) is 0.864. The van der Waals surface area contributed by atoms with Gasteiger partial charge in [-0.2, -0.15) is 5.10 Å². The summed E-state index contributed by atoms with van der Waals surface area (Å²) >= 11 is 6.25. The van der Waals surface area contributed by atoms with Gasteiger partial charge in [-0.15, -0.1) is 0 Å². The second kappa shape index (κ2) is 4.68. The standard InChI is InChI=1S/C12H18ClN5O/c1-8-11(13)10(16(2)15-8)7-17-6-9-5-14-3-4-18(9)12(17)19/h9,14H,3-7H2,1-2H3. The van der Waals surface area contributed by atoms with Gasteiger partial charge in [0, 0.05) is 33.2 Å². The number of piperazine rings is 1. The smallest absolute Gasteiger partial charge is 0.317 e. The average molecular weight is 284 g/mol.